The summed E-state index contributed by atoms with van der Waals surface area (Å²) in [6.07, 6.45) is 1.49. The Kier molecular flexibility index (Phi) is 7.79. The fourth-order valence-corrected chi connectivity index (χ4v) is 3.70. The molecule has 0 bridgehead atoms. The van der Waals surface area contributed by atoms with Crippen molar-refractivity contribution in [3.05, 3.63) is 88.6 Å². The van der Waals surface area contributed by atoms with Gasteiger partial charge >= 0.3 is 5.91 Å². The van der Waals surface area contributed by atoms with Gasteiger partial charge in [0.15, 0.2) is 12.4 Å². The van der Waals surface area contributed by atoms with Gasteiger partial charge in [-0.3, -0.25) is 9.59 Å². The van der Waals surface area contributed by atoms with Crippen LogP contribution < -0.4 is 20.2 Å². The summed E-state index contributed by atoms with van der Waals surface area (Å²) in [4.78, 5) is 24.5. The normalized spacial score (nSPS) is 10.9. The molecule has 0 aliphatic carbocycles. The largest absolute Gasteiger partial charge is 0.494 e. The molecular formula is C26H22BrN3O5. The molecule has 178 valence electrons. The molecule has 0 unspecified atom stereocenters. The summed E-state index contributed by atoms with van der Waals surface area (Å²) in [6.45, 7) is 2.32. The number of hydrogen-bond acceptors (Lipinski definition) is 6. The number of carbonyl (C=O) groups excluding carboxylic acids is 2. The molecule has 0 spiro atoms. The van der Waals surface area contributed by atoms with Crippen LogP contribution in [0.4, 0.5) is 5.69 Å². The summed E-state index contributed by atoms with van der Waals surface area (Å²) in [5, 5.41) is 7.51. The van der Waals surface area contributed by atoms with Crippen LogP contribution in [0.15, 0.2) is 86.8 Å². The van der Waals surface area contributed by atoms with Gasteiger partial charge in [0.1, 0.15) is 17.1 Å². The summed E-state index contributed by atoms with van der Waals surface area (Å²) < 4.78 is 17.3. The molecule has 0 aliphatic heterocycles. The monoisotopic (exact) mass is 535 g/mol. The predicted molar refractivity (Wildman–Crippen MR) is 137 cm³/mol. The third-order valence-electron chi connectivity index (χ3n) is 4.77. The Hall–Kier alpha value is -4.11. The van der Waals surface area contributed by atoms with E-state index in [0.29, 0.717) is 39.4 Å². The Morgan fingerprint density at radius 2 is 1.86 bits per heavy atom. The highest BCUT2D eigenvalue weighted by atomic mass is 79.9. The molecule has 2 amide bonds. The van der Waals surface area contributed by atoms with Gasteiger partial charge in [0.05, 0.1) is 17.3 Å². The standard InChI is InChI=1S/C26H22BrN3O5/c1-2-33-20-9-11-22-18(13-20)14-24(35-22)26(32)30-28-15-17-8-10-23(21(27)12-17)34-16-25(31)29-19-6-4-3-5-7-19/h3-15H,2,16H2,1H3,(H,29,31)(H,30,32)/b28-15+. The zero-order valence-corrected chi connectivity index (χ0v) is 20.4. The summed E-state index contributed by atoms with van der Waals surface area (Å²) in [7, 11) is 0. The topological polar surface area (TPSA) is 102 Å². The van der Waals surface area contributed by atoms with Crippen LogP contribution in [0.1, 0.15) is 23.0 Å². The van der Waals surface area contributed by atoms with Crippen molar-refractivity contribution in [2.24, 2.45) is 5.10 Å². The number of carbonyl (C=O) groups is 2. The van der Waals surface area contributed by atoms with E-state index in [9.17, 15) is 9.59 Å². The molecule has 4 rings (SSSR count). The molecule has 1 aromatic heterocycles. The van der Waals surface area contributed by atoms with Crippen LogP contribution >= 0.6 is 15.9 Å². The SMILES string of the molecule is CCOc1ccc2oc(C(=O)N/N=C/c3ccc(OCC(=O)Nc4ccccc4)c(Br)c3)cc2c1. The molecular weight excluding hydrogens is 514 g/mol. The summed E-state index contributed by atoms with van der Waals surface area (Å²) >= 11 is 3.43. The zero-order valence-electron chi connectivity index (χ0n) is 18.8. The highest BCUT2D eigenvalue weighted by molar-refractivity contribution is 9.10. The van der Waals surface area contributed by atoms with Crippen molar-refractivity contribution in [2.75, 3.05) is 18.5 Å². The van der Waals surface area contributed by atoms with Crippen LogP contribution in [0, 0.1) is 0 Å². The lowest BCUT2D eigenvalue weighted by molar-refractivity contribution is -0.118. The fourth-order valence-electron chi connectivity index (χ4n) is 3.19. The molecule has 8 nitrogen and oxygen atoms in total. The summed E-state index contributed by atoms with van der Waals surface area (Å²) in [5.74, 6) is 0.614. The number of nitrogens with one attached hydrogen (secondary N) is 2. The molecule has 4 aromatic rings. The maximum atomic E-state index is 12.4. The van der Waals surface area contributed by atoms with Crippen LogP contribution in [0.5, 0.6) is 11.5 Å². The van der Waals surface area contributed by atoms with Crippen LogP contribution in [0.2, 0.25) is 0 Å². The van der Waals surface area contributed by atoms with Crippen molar-refractivity contribution in [1.29, 1.82) is 0 Å². The van der Waals surface area contributed by atoms with Crippen molar-refractivity contribution in [3.63, 3.8) is 0 Å². The number of nitrogens with zero attached hydrogens (tertiary/aromatic N) is 1. The number of ether oxygens (including phenoxy) is 2. The molecule has 0 saturated carbocycles. The van der Waals surface area contributed by atoms with E-state index in [1.54, 1.807) is 48.5 Å². The van der Waals surface area contributed by atoms with E-state index in [1.807, 2.05) is 31.2 Å². The zero-order chi connectivity index (χ0) is 24.6. The molecule has 0 atom stereocenters. The number of anilines is 1. The number of benzene rings is 3. The number of furan rings is 1. The lowest BCUT2D eigenvalue weighted by Crippen LogP contribution is -2.20. The second-order valence-corrected chi connectivity index (χ2v) is 8.19. The van der Waals surface area contributed by atoms with Gasteiger partial charge in [-0.2, -0.15) is 5.10 Å². The minimum absolute atomic E-state index is 0.138. The Morgan fingerprint density at radius 3 is 2.63 bits per heavy atom. The van der Waals surface area contributed by atoms with Crippen molar-refractivity contribution < 1.29 is 23.5 Å². The number of rotatable bonds is 9. The Labute approximate surface area is 210 Å². The Morgan fingerprint density at radius 1 is 1.03 bits per heavy atom. The van der Waals surface area contributed by atoms with Crippen molar-refractivity contribution in [2.45, 2.75) is 6.92 Å². The van der Waals surface area contributed by atoms with E-state index in [-0.39, 0.29) is 18.3 Å². The van der Waals surface area contributed by atoms with Gasteiger partial charge in [0.2, 0.25) is 0 Å². The summed E-state index contributed by atoms with van der Waals surface area (Å²) in [5.41, 5.74) is 4.45. The van der Waals surface area contributed by atoms with Crippen LogP contribution in [0.25, 0.3) is 11.0 Å². The van der Waals surface area contributed by atoms with E-state index >= 15 is 0 Å². The number of halogens is 1. The molecule has 1 heterocycles. The first-order valence-electron chi connectivity index (χ1n) is 10.8. The molecule has 0 saturated heterocycles. The van der Waals surface area contributed by atoms with Gasteiger partial charge in [-0.25, -0.2) is 5.43 Å². The fraction of sp³-hybridized carbons (Fsp3) is 0.115. The molecule has 0 radical (unpaired) electrons. The van der Waals surface area contributed by atoms with Crippen LogP contribution in [0.3, 0.4) is 0 Å². The van der Waals surface area contributed by atoms with Crippen molar-refractivity contribution >= 4 is 50.6 Å². The van der Waals surface area contributed by atoms with E-state index in [4.69, 9.17) is 13.9 Å². The minimum Gasteiger partial charge on any atom is -0.494 e. The lowest BCUT2D eigenvalue weighted by Gasteiger charge is -2.09. The number of fused-ring (bicyclic) bond motifs is 1. The first kappa shape index (κ1) is 24.0. The highest BCUT2D eigenvalue weighted by Crippen LogP contribution is 2.26. The van der Waals surface area contributed by atoms with Gasteiger partial charge < -0.3 is 19.2 Å². The van der Waals surface area contributed by atoms with Crippen molar-refractivity contribution in [1.82, 2.24) is 5.43 Å². The number of para-hydroxylation sites is 1. The second kappa shape index (κ2) is 11.3. The van der Waals surface area contributed by atoms with Gasteiger partial charge in [-0.15, -0.1) is 0 Å². The number of hydrazone groups is 1. The lowest BCUT2D eigenvalue weighted by atomic mass is 10.2. The second-order valence-electron chi connectivity index (χ2n) is 7.34. The van der Waals surface area contributed by atoms with Crippen LogP contribution in [-0.2, 0) is 4.79 Å². The molecule has 35 heavy (non-hydrogen) atoms. The average Bonchev–Trinajstić information content (AvgIpc) is 3.28. The van der Waals surface area contributed by atoms with Crippen molar-refractivity contribution in [3.8, 4) is 11.5 Å². The third kappa shape index (κ3) is 6.48. The average molecular weight is 536 g/mol. The molecule has 3 aromatic carbocycles. The number of amides is 2. The number of hydrogen-bond donors (Lipinski definition) is 2. The molecule has 0 aliphatic rings. The highest BCUT2D eigenvalue weighted by Gasteiger charge is 2.12. The molecule has 9 heteroatoms. The third-order valence-corrected chi connectivity index (χ3v) is 5.39. The molecule has 0 fully saturated rings. The summed E-state index contributed by atoms with van der Waals surface area (Å²) in [6, 6.07) is 21.4. The van der Waals surface area contributed by atoms with E-state index in [0.717, 1.165) is 5.39 Å². The minimum atomic E-state index is -0.473. The molecule has 2 N–H and O–H groups in total. The Bertz CT molecular complexity index is 1370. The predicted octanol–water partition coefficient (Wildman–Crippen LogP) is 5.38. The smallest absolute Gasteiger partial charge is 0.307 e. The van der Waals surface area contributed by atoms with E-state index < -0.39 is 5.91 Å². The van der Waals surface area contributed by atoms with Gasteiger partial charge in [0, 0.05) is 11.1 Å². The van der Waals surface area contributed by atoms with Gasteiger partial charge in [-0.05, 0) is 83.0 Å². The van der Waals surface area contributed by atoms with Gasteiger partial charge in [-0.1, -0.05) is 18.2 Å². The van der Waals surface area contributed by atoms with E-state index in [2.05, 4.69) is 31.8 Å². The van der Waals surface area contributed by atoms with E-state index in [1.165, 1.54) is 6.21 Å². The first-order valence-corrected chi connectivity index (χ1v) is 11.6. The Balaban J connectivity index is 1.31. The van der Waals surface area contributed by atoms with Crippen LogP contribution in [-0.4, -0.2) is 31.2 Å². The van der Waals surface area contributed by atoms with Gasteiger partial charge in [0.25, 0.3) is 5.91 Å². The first-order chi connectivity index (χ1) is 17.0. The maximum Gasteiger partial charge on any atom is 0.307 e. The quantitative estimate of drug-likeness (QED) is 0.221. The maximum absolute atomic E-state index is 12.4.